The molecule has 17 heavy (non-hydrogen) atoms. The third kappa shape index (κ3) is 3.54. The Morgan fingerprint density at radius 1 is 1.29 bits per heavy atom. The smallest absolute Gasteiger partial charge is 0.108 e. The van der Waals surface area contributed by atoms with Gasteiger partial charge in [0.05, 0.1) is 0 Å². The van der Waals surface area contributed by atoms with Crippen molar-refractivity contribution in [1.29, 1.82) is 0 Å². The number of allylic oxidation sites excluding steroid dienone is 1. The summed E-state index contributed by atoms with van der Waals surface area (Å²) < 4.78 is 0. The first kappa shape index (κ1) is 14.7. The molecule has 1 nitrogen and oxygen atoms in total. The SMILES string of the molecule is C=CC(CC)[Si](C)(CC)C1=NCCCCCC1. The first-order valence-electron chi connectivity index (χ1n) is 7.35. The summed E-state index contributed by atoms with van der Waals surface area (Å²) >= 11 is 0. The van der Waals surface area contributed by atoms with Crippen molar-refractivity contribution >= 4 is 13.4 Å². The molecule has 2 heteroatoms. The summed E-state index contributed by atoms with van der Waals surface area (Å²) in [4.78, 5) is 4.97. The lowest BCUT2D eigenvalue weighted by Gasteiger charge is -2.35. The summed E-state index contributed by atoms with van der Waals surface area (Å²) in [5.74, 6) is 0. The van der Waals surface area contributed by atoms with Crippen molar-refractivity contribution in [1.82, 2.24) is 0 Å². The fraction of sp³-hybridized carbons (Fsp3) is 0.800. The lowest BCUT2D eigenvalue weighted by Crippen LogP contribution is -2.44. The van der Waals surface area contributed by atoms with Crippen LogP contribution >= 0.6 is 0 Å². The second-order valence-corrected chi connectivity index (χ2v) is 10.4. The van der Waals surface area contributed by atoms with Crippen molar-refractivity contribution < 1.29 is 0 Å². The van der Waals surface area contributed by atoms with Gasteiger partial charge in [0.25, 0.3) is 0 Å². The van der Waals surface area contributed by atoms with Crippen LogP contribution in [0.1, 0.15) is 52.4 Å². The summed E-state index contributed by atoms with van der Waals surface area (Å²) in [6, 6.07) is 1.32. The molecule has 1 heterocycles. The zero-order valence-electron chi connectivity index (χ0n) is 12.0. The molecule has 0 aromatic heterocycles. The fourth-order valence-corrected chi connectivity index (χ4v) is 7.08. The van der Waals surface area contributed by atoms with E-state index >= 15 is 0 Å². The van der Waals surface area contributed by atoms with Crippen molar-refractivity contribution in [2.45, 2.75) is 70.5 Å². The lowest BCUT2D eigenvalue weighted by molar-refractivity contribution is 0.645. The molecule has 0 aliphatic carbocycles. The van der Waals surface area contributed by atoms with Crippen LogP contribution in [0, 0.1) is 0 Å². The van der Waals surface area contributed by atoms with Gasteiger partial charge in [0.15, 0.2) is 0 Å². The normalized spacial score (nSPS) is 22.9. The van der Waals surface area contributed by atoms with E-state index in [1.807, 2.05) is 0 Å². The van der Waals surface area contributed by atoms with Crippen LogP contribution in [0.4, 0.5) is 0 Å². The highest BCUT2D eigenvalue weighted by Crippen LogP contribution is 2.33. The van der Waals surface area contributed by atoms with Crippen LogP contribution in [0.2, 0.25) is 18.1 Å². The van der Waals surface area contributed by atoms with Gasteiger partial charge in [-0.2, -0.15) is 0 Å². The van der Waals surface area contributed by atoms with Crippen LogP contribution < -0.4 is 0 Å². The molecule has 1 aliphatic heterocycles. The minimum Gasteiger partial charge on any atom is -0.299 e. The molecule has 0 N–H and O–H groups in total. The van der Waals surface area contributed by atoms with Crippen LogP contribution in [-0.2, 0) is 0 Å². The molecule has 0 radical (unpaired) electrons. The molecular formula is C15H29NSi. The maximum Gasteiger partial charge on any atom is 0.108 e. The second-order valence-electron chi connectivity index (χ2n) is 5.51. The molecule has 0 spiro atoms. The Morgan fingerprint density at radius 3 is 2.59 bits per heavy atom. The third-order valence-electron chi connectivity index (χ3n) is 4.56. The van der Waals surface area contributed by atoms with Crippen molar-refractivity contribution in [2.75, 3.05) is 6.54 Å². The van der Waals surface area contributed by atoms with Gasteiger partial charge in [-0.3, -0.25) is 4.99 Å². The Hall–Kier alpha value is -0.373. The van der Waals surface area contributed by atoms with E-state index in [0.717, 1.165) is 6.54 Å². The van der Waals surface area contributed by atoms with Crippen LogP contribution in [0.3, 0.4) is 0 Å². The number of hydrogen-bond donors (Lipinski definition) is 0. The van der Waals surface area contributed by atoms with Crippen molar-refractivity contribution in [2.24, 2.45) is 4.99 Å². The van der Waals surface area contributed by atoms with Gasteiger partial charge in [-0.15, -0.1) is 6.58 Å². The number of aliphatic imine (C=N–C) groups is 1. The third-order valence-corrected chi connectivity index (χ3v) is 10.0. The maximum atomic E-state index is 4.97. The van der Waals surface area contributed by atoms with E-state index in [9.17, 15) is 0 Å². The molecule has 2 unspecified atom stereocenters. The van der Waals surface area contributed by atoms with Gasteiger partial charge in [-0.05, 0) is 30.1 Å². The predicted octanol–water partition coefficient (Wildman–Crippen LogP) is 5.00. The molecule has 0 fully saturated rings. The van der Waals surface area contributed by atoms with Crippen LogP contribution in [0.25, 0.3) is 0 Å². The predicted molar refractivity (Wildman–Crippen MR) is 81.7 cm³/mol. The van der Waals surface area contributed by atoms with Crippen molar-refractivity contribution in [3.63, 3.8) is 0 Å². The Kier molecular flexibility index (Phi) is 6.18. The van der Waals surface area contributed by atoms with Crippen LogP contribution in [0.5, 0.6) is 0 Å². The quantitative estimate of drug-likeness (QED) is 0.482. The van der Waals surface area contributed by atoms with Gasteiger partial charge in [-0.1, -0.05) is 51.8 Å². The molecule has 2 atom stereocenters. The van der Waals surface area contributed by atoms with Crippen molar-refractivity contribution in [3.8, 4) is 0 Å². The molecule has 0 saturated heterocycles. The largest absolute Gasteiger partial charge is 0.299 e. The fourth-order valence-electron chi connectivity index (χ4n) is 3.07. The number of hydrogen-bond acceptors (Lipinski definition) is 1. The Morgan fingerprint density at radius 2 is 2.00 bits per heavy atom. The molecular weight excluding hydrogens is 222 g/mol. The van der Waals surface area contributed by atoms with Gasteiger partial charge in [0, 0.05) is 6.54 Å². The minimum atomic E-state index is -1.37. The van der Waals surface area contributed by atoms with Gasteiger partial charge in [-0.25, -0.2) is 0 Å². The average molecular weight is 251 g/mol. The average Bonchev–Trinajstić information content (AvgIpc) is 2.29. The molecule has 1 rings (SSSR count). The highest BCUT2D eigenvalue weighted by Gasteiger charge is 2.36. The summed E-state index contributed by atoms with van der Waals surface area (Å²) in [6.45, 7) is 12.3. The van der Waals surface area contributed by atoms with Gasteiger partial charge >= 0.3 is 0 Å². The monoisotopic (exact) mass is 251 g/mol. The molecule has 0 amide bonds. The standard InChI is InChI=1S/C15H29NSi/c1-5-14(6-2)17(4,7-3)15-12-10-8-9-11-13-16-15/h5,14H,1,6-13H2,2-4H3. The molecule has 0 bridgehead atoms. The Labute approximate surface area is 108 Å². The molecule has 0 aromatic rings. The maximum absolute atomic E-state index is 4.97. The summed E-state index contributed by atoms with van der Waals surface area (Å²) in [5, 5.41) is 1.60. The van der Waals surface area contributed by atoms with Gasteiger partial charge in [0.1, 0.15) is 8.07 Å². The Bertz CT molecular complexity index is 272. The van der Waals surface area contributed by atoms with Crippen molar-refractivity contribution in [3.05, 3.63) is 12.7 Å². The summed E-state index contributed by atoms with van der Waals surface area (Å²) in [6.07, 6.45) is 10.1. The highest BCUT2D eigenvalue weighted by molar-refractivity contribution is 7.07. The summed E-state index contributed by atoms with van der Waals surface area (Å²) in [7, 11) is -1.37. The molecule has 0 aromatic carbocycles. The van der Waals surface area contributed by atoms with E-state index in [0.29, 0.717) is 5.54 Å². The van der Waals surface area contributed by atoms with Crippen LogP contribution in [0.15, 0.2) is 17.6 Å². The molecule has 98 valence electrons. The number of nitrogens with zero attached hydrogens (tertiary/aromatic N) is 1. The highest BCUT2D eigenvalue weighted by atomic mass is 28.3. The first-order chi connectivity index (χ1) is 8.19. The van der Waals surface area contributed by atoms with Gasteiger partial charge in [0.2, 0.25) is 0 Å². The first-order valence-corrected chi connectivity index (χ1v) is 10.1. The zero-order chi connectivity index (χ0) is 12.7. The zero-order valence-corrected chi connectivity index (χ0v) is 13.0. The van der Waals surface area contributed by atoms with E-state index in [-0.39, 0.29) is 0 Å². The summed E-state index contributed by atoms with van der Waals surface area (Å²) in [5.41, 5.74) is 0.714. The van der Waals surface area contributed by atoms with E-state index in [1.165, 1.54) is 44.6 Å². The Balaban J connectivity index is 2.92. The lowest BCUT2D eigenvalue weighted by atomic mass is 10.1. The van der Waals surface area contributed by atoms with E-state index < -0.39 is 8.07 Å². The minimum absolute atomic E-state index is 0.714. The van der Waals surface area contributed by atoms with Crippen LogP contribution in [-0.4, -0.2) is 20.0 Å². The van der Waals surface area contributed by atoms with E-state index in [4.69, 9.17) is 4.99 Å². The topological polar surface area (TPSA) is 12.4 Å². The second kappa shape index (κ2) is 7.15. The van der Waals surface area contributed by atoms with Gasteiger partial charge < -0.3 is 0 Å². The van der Waals surface area contributed by atoms with E-state index in [1.54, 1.807) is 5.33 Å². The number of rotatable bonds is 5. The van der Waals surface area contributed by atoms with E-state index in [2.05, 4.69) is 33.0 Å². The molecule has 0 saturated carbocycles. The molecule has 1 aliphatic rings.